The van der Waals surface area contributed by atoms with Crippen molar-refractivity contribution in [3.63, 3.8) is 0 Å². The Morgan fingerprint density at radius 1 is 1.59 bits per heavy atom. The van der Waals surface area contributed by atoms with E-state index >= 15 is 0 Å². The van der Waals surface area contributed by atoms with Gasteiger partial charge >= 0.3 is 0 Å². The minimum atomic E-state index is -0.603. The highest BCUT2D eigenvalue weighted by molar-refractivity contribution is 5.15. The highest BCUT2D eigenvalue weighted by atomic mass is 16.5. The second-order valence-electron chi connectivity index (χ2n) is 4.89. The summed E-state index contributed by atoms with van der Waals surface area (Å²) in [5, 5.41) is 18.8. The Kier molecular flexibility index (Phi) is 3.51. The van der Waals surface area contributed by atoms with Crippen LogP contribution in [0, 0.1) is 6.92 Å². The smallest absolute Gasteiger partial charge is 0.138 e. The summed E-state index contributed by atoms with van der Waals surface area (Å²) in [7, 11) is 0. The Hall–Kier alpha value is -0.910. The number of imidazole rings is 1. The maximum absolute atomic E-state index is 9.71. The molecule has 5 nitrogen and oxygen atoms in total. The molecule has 0 saturated carbocycles. The lowest BCUT2D eigenvalue weighted by molar-refractivity contribution is -0.0449. The molecule has 96 valence electrons. The van der Waals surface area contributed by atoms with E-state index in [1.54, 1.807) is 6.33 Å². The molecule has 0 bridgehead atoms. The van der Waals surface area contributed by atoms with Crippen LogP contribution in [0.3, 0.4) is 0 Å². The summed E-state index contributed by atoms with van der Waals surface area (Å²) in [5.41, 5.74) is 2.12. The number of aliphatic hydroxyl groups is 2. The van der Waals surface area contributed by atoms with Gasteiger partial charge in [0.15, 0.2) is 0 Å². The minimum absolute atomic E-state index is 0.150. The van der Waals surface area contributed by atoms with Crippen molar-refractivity contribution in [1.82, 2.24) is 9.55 Å². The third-order valence-electron chi connectivity index (χ3n) is 3.32. The molecular formula is C12H20N2O3. The van der Waals surface area contributed by atoms with Crippen LogP contribution in [0.2, 0.25) is 0 Å². The quantitative estimate of drug-likeness (QED) is 0.825. The van der Waals surface area contributed by atoms with Gasteiger partial charge in [-0.25, -0.2) is 4.98 Å². The zero-order chi connectivity index (χ0) is 12.6. The largest absolute Gasteiger partial charge is 0.394 e. The average molecular weight is 240 g/mol. The topological polar surface area (TPSA) is 67.5 Å². The number of hydrogen-bond donors (Lipinski definition) is 2. The maximum Gasteiger partial charge on any atom is 0.138 e. The van der Waals surface area contributed by atoms with Gasteiger partial charge in [-0.15, -0.1) is 0 Å². The molecule has 1 fully saturated rings. The standard InChI is InChI=1S/C12H20N2O3/c1-7(2)12-8(3)14(6-13-12)11-4-9(16)10(5-15)17-11/h6-7,9-11,15-16H,4-5H2,1-3H3. The molecule has 5 heteroatoms. The summed E-state index contributed by atoms with van der Waals surface area (Å²) in [5.74, 6) is 0.371. The number of nitrogens with zero attached hydrogens (tertiary/aromatic N) is 2. The van der Waals surface area contributed by atoms with Crippen LogP contribution in [0.1, 0.15) is 43.8 Å². The van der Waals surface area contributed by atoms with E-state index in [1.165, 1.54) is 0 Å². The van der Waals surface area contributed by atoms with Crippen molar-refractivity contribution in [3.05, 3.63) is 17.7 Å². The van der Waals surface area contributed by atoms with Crippen LogP contribution >= 0.6 is 0 Å². The first kappa shape index (κ1) is 12.5. The SMILES string of the molecule is Cc1c(C(C)C)ncn1C1CC(O)C(CO)O1. The highest BCUT2D eigenvalue weighted by Crippen LogP contribution is 2.31. The van der Waals surface area contributed by atoms with Crippen molar-refractivity contribution in [3.8, 4) is 0 Å². The number of hydrogen-bond acceptors (Lipinski definition) is 4. The molecule has 0 spiro atoms. The lowest BCUT2D eigenvalue weighted by atomic mass is 10.1. The first-order valence-electron chi connectivity index (χ1n) is 6.02. The van der Waals surface area contributed by atoms with E-state index in [2.05, 4.69) is 18.8 Å². The van der Waals surface area contributed by atoms with Crippen LogP contribution in [0.4, 0.5) is 0 Å². The lowest BCUT2D eigenvalue weighted by Crippen LogP contribution is -2.24. The molecule has 17 heavy (non-hydrogen) atoms. The van der Waals surface area contributed by atoms with Crippen molar-refractivity contribution in [2.24, 2.45) is 0 Å². The van der Waals surface area contributed by atoms with Gasteiger partial charge in [0.25, 0.3) is 0 Å². The van der Waals surface area contributed by atoms with Crippen molar-refractivity contribution < 1.29 is 14.9 Å². The summed E-state index contributed by atoms with van der Waals surface area (Å²) >= 11 is 0. The molecule has 1 aromatic heterocycles. The zero-order valence-electron chi connectivity index (χ0n) is 10.5. The van der Waals surface area contributed by atoms with Gasteiger partial charge in [-0.3, -0.25) is 0 Å². The second kappa shape index (κ2) is 4.76. The Bertz CT molecular complexity index is 389. The summed E-state index contributed by atoms with van der Waals surface area (Å²) < 4.78 is 7.54. The fourth-order valence-electron chi connectivity index (χ4n) is 2.34. The normalized spacial score (nSPS) is 29.2. The monoisotopic (exact) mass is 240 g/mol. The molecule has 2 N–H and O–H groups in total. The molecular weight excluding hydrogens is 220 g/mol. The molecule has 3 atom stereocenters. The Morgan fingerprint density at radius 2 is 2.29 bits per heavy atom. The number of ether oxygens (including phenoxy) is 1. The van der Waals surface area contributed by atoms with E-state index in [0.717, 1.165) is 11.4 Å². The van der Waals surface area contributed by atoms with Crippen molar-refractivity contribution in [2.45, 2.75) is 51.5 Å². The first-order chi connectivity index (χ1) is 8.04. The predicted molar refractivity (Wildman–Crippen MR) is 62.7 cm³/mol. The molecule has 1 aliphatic rings. The predicted octanol–water partition coefficient (Wildman–Crippen LogP) is 0.956. The molecule has 0 aromatic carbocycles. The molecule has 0 radical (unpaired) electrons. The second-order valence-corrected chi connectivity index (χ2v) is 4.89. The van der Waals surface area contributed by atoms with Crippen molar-refractivity contribution in [2.75, 3.05) is 6.61 Å². The van der Waals surface area contributed by atoms with E-state index in [-0.39, 0.29) is 12.8 Å². The third-order valence-corrected chi connectivity index (χ3v) is 3.32. The van der Waals surface area contributed by atoms with Crippen LogP contribution < -0.4 is 0 Å². The van der Waals surface area contributed by atoms with E-state index < -0.39 is 12.2 Å². The zero-order valence-corrected chi connectivity index (χ0v) is 10.5. The summed E-state index contributed by atoms with van der Waals surface area (Å²) in [6.45, 7) is 6.05. The fourth-order valence-corrected chi connectivity index (χ4v) is 2.34. The van der Waals surface area contributed by atoms with Gasteiger partial charge < -0.3 is 19.5 Å². The Labute approximate surface area is 101 Å². The van der Waals surface area contributed by atoms with Gasteiger partial charge in [0.2, 0.25) is 0 Å². The molecule has 1 saturated heterocycles. The van der Waals surface area contributed by atoms with Crippen LogP contribution in [0.15, 0.2) is 6.33 Å². The minimum Gasteiger partial charge on any atom is -0.394 e. The molecule has 2 rings (SSSR count). The van der Waals surface area contributed by atoms with Gasteiger partial charge in [-0.05, 0) is 12.8 Å². The van der Waals surface area contributed by atoms with Crippen LogP contribution in [-0.2, 0) is 4.74 Å². The lowest BCUT2D eigenvalue weighted by Gasteiger charge is -2.15. The molecule has 3 unspecified atom stereocenters. The summed E-state index contributed by atoms with van der Waals surface area (Å²) in [4.78, 5) is 4.37. The highest BCUT2D eigenvalue weighted by Gasteiger charge is 2.35. The molecule has 2 heterocycles. The van der Waals surface area contributed by atoms with E-state index in [4.69, 9.17) is 9.84 Å². The van der Waals surface area contributed by atoms with Gasteiger partial charge in [0.1, 0.15) is 12.3 Å². The number of aromatic nitrogens is 2. The fraction of sp³-hybridized carbons (Fsp3) is 0.750. The van der Waals surface area contributed by atoms with Crippen LogP contribution in [0.5, 0.6) is 0 Å². The summed E-state index contributed by atoms with van der Waals surface area (Å²) in [6.07, 6.45) is 0.947. The number of aliphatic hydroxyl groups excluding tert-OH is 2. The number of rotatable bonds is 3. The van der Waals surface area contributed by atoms with Gasteiger partial charge in [-0.1, -0.05) is 13.8 Å². The molecule has 0 aliphatic carbocycles. The van der Waals surface area contributed by atoms with E-state index in [9.17, 15) is 5.11 Å². The average Bonchev–Trinajstić information content (AvgIpc) is 2.81. The van der Waals surface area contributed by atoms with Gasteiger partial charge in [-0.2, -0.15) is 0 Å². The van der Waals surface area contributed by atoms with Crippen LogP contribution in [0.25, 0.3) is 0 Å². The third kappa shape index (κ3) is 2.22. The summed E-state index contributed by atoms with van der Waals surface area (Å²) in [6, 6.07) is 0. The maximum atomic E-state index is 9.71. The Balaban J connectivity index is 2.19. The molecule has 1 aromatic rings. The van der Waals surface area contributed by atoms with E-state index in [1.807, 2.05) is 11.5 Å². The van der Waals surface area contributed by atoms with Crippen molar-refractivity contribution >= 4 is 0 Å². The Morgan fingerprint density at radius 3 is 2.76 bits per heavy atom. The first-order valence-corrected chi connectivity index (χ1v) is 6.02. The van der Waals surface area contributed by atoms with Crippen molar-refractivity contribution in [1.29, 1.82) is 0 Å². The van der Waals surface area contributed by atoms with Gasteiger partial charge in [0, 0.05) is 12.1 Å². The van der Waals surface area contributed by atoms with E-state index in [0.29, 0.717) is 12.3 Å². The van der Waals surface area contributed by atoms with Gasteiger partial charge in [0.05, 0.1) is 24.7 Å². The van der Waals surface area contributed by atoms with Crippen LogP contribution in [-0.4, -0.2) is 38.6 Å². The molecule has 0 amide bonds. The molecule has 1 aliphatic heterocycles.